The van der Waals surface area contributed by atoms with E-state index < -0.39 is 10.0 Å². The molecule has 0 radical (unpaired) electrons. The molecule has 1 unspecified atom stereocenters. The zero-order chi connectivity index (χ0) is 15.7. The van der Waals surface area contributed by atoms with Gasteiger partial charge in [-0.05, 0) is 48.6 Å². The molecular formula is C15H17N3O2S2. The van der Waals surface area contributed by atoms with Gasteiger partial charge >= 0.3 is 0 Å². The predicted octanol–water partition coefficient (Wildman–Crippen LogP) is 2.09. The summed E-state index contributed by atoms with van der Waals surface area (Å²) in [6.07, 6.45) is 0. The van der Waals surface area contributed by atoms with E-state index in [9.17, 15) is 8.42 Å². The molecule has 0 saturated carbocycles. The van der Waals surface area contributed by atoms with Gasteiger partial charge < -0.3 is 4.90 Å². The Labute approximate surface area is 134 Å². The van der Waals surface area contributed by atoms with E-state index in [1.807, 2.05) is 25.5 Å². The maximum Gasteiger partial charge on any atom is 0.263 e. The van der Waals surface area contributed by atoms with Crippen LogP contribution in [-0.4, -0.2) is 39.8 Å². The highest BCUT2D eigenvalue weighted by atomic mass is 32.2. The van der Waals surface area contributed by atoms with Gasteiger partial charge in [-0.15, -0.1) is 0 Å². The Hall–Kier alpha value is -1.70. The minimum absolute atomic E-state index is 0.121. The second-order valence-electron chi connectivity index (χ2n) is 5.33. The van der Waals surface area contributed by atoms with Gasteiger partial charge in [-0.1, -0.05) is 12.1 Å². The topological polar surface area (TPSA) is 61.8 Å². The summed E-state index contributed by atoms with van der Waals surface area (Å²) in [6, 6.07) is 9.11. The molecule has 1 N–H and O–H groups in total. The van der Waals surface area contributed by atoms with Gasteiger partial charge in [-0.2, -0.15) is 11.3 Å². The largest absolute Gasteiger partial charge is 0.301 e. The number of likely N-dealkylation sites (N-methyl/N-ethyl adjacent to an activating group) is 1. The number of aliphatic imine (C=N–C) groups is 1. The van der Waals surface area contributed by atoms with Crippen LogP contribution in [0, 0.1) is 0 Å². The molecule has 2 heterocycles. The molecule has 0 aliphatic carbocycles. The molecule has 3 rings (SSSR count). The summed E-state index contributed by atoms with van der Waals surface area (Å²) in [5.74, 6) is 0.428. The summed E-state index contributed by atoms with van der Waals surface area (Å²) in [5, 5.41) is 4.13. The average Bonchev–Trinajstić information content (AvgIpc) is 3.07. The first-order valence-electron chi connectivity index (χ1n) is 6.84. The van der Waals surface area contributed by atoms with Crippen molar-refractivity contribution in [3.05, 3.63) is 52.2 Å². The van der Waals surface area contributed by atoms with Crippen molar-refractivity contribution in [2.75, 3.05) is 20.6 Å². The molecule has 0 fully saturated rings. The molecule has 5 nitrogen and oxygen atoms in total. The van der Waals surface area contributed by atoms with Crippen molar-refractivity contribution in [1.82, 2.24) is 9.62 Å². The monoisotopic (exact) mass is 335 g/mol. The van der Waals surface area contributed by atoms with Crippen molar-refractivity contribution in [3.63, 3.8) is 0 Å². The van der Waals surface area contributed by atoms with Gasteiger partial charge in [-0.3, -0.25) is 9.71 Å². The summed E-state index contributed by atoms with van der Waals surface area (Å²) in [7, 11) is 0.522. The van der Waals surface area contributed by atoms with E-state index >= 15 is 0 Å². The molecule has 0 saturated heterocycles. The maximum atomic E-state index is 12.1. The van der Waals surface area contributed by atoms with Crippen LogP contribution in [0.5, 0.6) is 0 Å². The Kier molecular flexibility index (Phi) is 4.03. The second-order valence-corrected chi connectivity index (χ2v) is 7.76. The van der Waals surface area contributed by atoms with E-state index in [1.54, 1.807) is 29.5 Å². The van der Waals surface area contributed by atoms with Crippen molar-refractivity contribution < 1.29 is 8.42 Å². The highest BCUT2D eigenvalue weighted by molar-refractivity contribution is 7.90. The lowest BCUT2D eigenvalue weighted by Crippen LogP contribution is -2.26. The van der Waals surface area contributed by atoms with E-state index in [2.05, 4.69) is 26.1 Å². The Morgan fingerprint density at radius 2 is 2.05 bits per heavy atom. The minimum atomic E-state index is -3.47. The van der Waals surface area contributed by atoms with Crippen LogP contribution in [0.15, 0.2) is 51.0 Å². The average molecular weight is 335 g/mol. The van der Waals surface area contributed by atoms with Crippen LogP contribution in [0.4, 0.5) is 0 Å². The van der Waals surface area contributed by atoms with Gasteiger partial charge in [0.15, 0.2) is 0 Å². The number of rotatable bonds is 4. The van der Waals surface area contributed by atoms with Gasteiger partial charge in [0.25, 0.3) is 10.0 Å². The first-order chi connectivity index (χ1) is 10.5. The lowest BCUT2D eigenvalue weighted by molar-refractivity contribution is 0.307. The summed E-state index contributed by atoms with van der Waals surface area (Å²) in [6.45, 7) is 0.496. The Morgan fingerprint density at radius 3 is 2.73 bits per heavy atom. The van der Waals surface area contributed by atoms with E-state index in [0.717, 1.165) is 0 Å². The second kappa shape index (κ2) is 5.83. The van der Waals surface area contributed by atoms with E-state index in [1.165, 1.54) is 5.56 Å². The normalized spacial score (nSPS) is 19.1. The van der Waals surface area contributed by atoms with Crippen molar-refractivity contribution in [2.24, 2.45) is 4.99 Å². The van der Waals surface area contributed by atoms with Crippen molar-refractivity contribution in [3.8, 4) is 0 Å². The van der Waals surface area contributed by atoms with Crippen LogP contribution in [0.25, 0.3) is 0 Å². The van der Waals surface area contributed by atoms with Crippen molar-refractivity contribution in [1.29, 1.82) is 0 Å². The van der Waals surface area contributed by atoms with Crippen molar-refractivity contribution in [2.45, 2.75) is 10.9 Å². The van der Waals surface area contributed by atoms with E-state index in [4.69, 9.17) is 0 Å². The number of sulfonamides is 1. The Balaban J connectivity index is 1.91. The SMILES string of the molecule is CN(C)C(CN=C1NS(=O)(=O)c2ccccc21)c1ccsc1. The lowest BCUT2D eigenvalue weighted by atomic mass is 10.1. The Morgan fingerprint density at radius 1 is 1.27 bits per heavy atom. The number of nitrogens with one attached hydrogen (secondary N) is 1. The van der Waals surface area contributed by atoms with Crippen LogP contribution in [-0.2, 0) is 10.0 Å². The third kappa shape index (κ3) is 2.79. The smallest absolute Gasteiger partial charge is 0.263 e. The highest BCUT2D eigenvalue weighted by Gasteiger charge is 2.30. The summed E-state index contributed by atoms with van der Waals surface area (Å²) in [4.78, 5) is 6.91. The zero-order valence-corrected chi connectivity index (χ0v) is 14.0. The standard InChI is InChI=1S/C15H17N3O2S2/c1-18(2)13(11-7-8-21-10-11)9-16-15-12-5-3-4-6-14(12)22(19,20)17-15/h3-8,10,13H,9H2,1-2H3,(H,16,17). The molecule has 0 bridgehead atoms. The fraction of sp³-hybridized carbons (Fsp3) is 0.267. The number of fused-ring (bicyclic) bond motifs is 1. The molecule has 1 aliphatic heterocycles. The lowest BCUT2D eigenvalue weighted by Gasteiger charge is -2.21. The maximum absolute atomic E-state index is 12.1. The van der Waals surface area contributed by atoms with Crippen LogP contribution < -0.4 is 4.72 Å². The molecule has 116 valence electrons. The number of hydrogen-bond acceptors (Lipinski definition) is 5. The number of thiophene rings is 1. The fourth-order valence-electron chi connectivity index (χ4n) is 2.46. The number of benzene rings is 1. The molecule has 1 aromatic carbocycles. The number of hydrogen-bond donors (Lipinski definition) is 1. The molecule has 1 atom stereocenters. The van der Waals surface area contributed by atoms with Gasteiger partial charge in [0.05, 0.1) is 17.5 Å². The summed E-state index contributed by atoms with van der Waals surface area (Å²) in [5.41, 5.74) is 1.83. The van der Waals surface area contributed by atoms with E-state index in [-0.39, 0.29) is 6.04 Å². The molecule has 7 heteroatoms. The van der Waals surface area contributed by atoms with Crippen molar-refractivity contribution >= 4 is 27.2 Å². The van der Waals surface area contributed by atoms with Crippen LogP contribution >= 0.6 is 11.3 Å². The molecule has 22 heavy (non-hydrogen) atoms. The molecule has 0 amide bonds. The molecule has 0 spiro atoms. The third-order valence-electron chi connectivity index (χ3n) is 3.64. The van der Waals surface area contributed by atoms with Gasteiger partial charge in [0.2, 0.25) is 0 Å². The summed E-state index contributed by atoms with van der Waals surface area (Å²) < 4.78 is 26.7. The number of amidine groups is 1. The first kappa shape index (κ1) is 15.2. The Bertz CT molecular complexity index is 796. The quantitative estimate of drug-likeness (QED) is 0.931. The fourth-order valence-corrected chi connectivity index (χ4v) is 4.42. The zero-order valence-electron chi connectivity index (χ0n) is 12.4. The van der Waals surface area contributed by atoms with Gasteiger partial charge in [0, 0.05) is 5.56 Å². The van der Waals surface area contributed by atoms with E-state index in [0.29, 0.717) is 22.8 Å². The van der Waals surface area contributed by atoms with Gasteiger partial charge in [-0.25, -0.2) is 8.42 Å². The number of nitrogens with zero attached hydrogens (tertiary/aromatic N) is 2. The molecule has 1 aromatic heterocycles. The predicted molar refractivity (Wildman–Crippen MR) is 88.9 cm³/mol. The van der Waals surface area contributed by atoms with Gasteiger partial charge in [0.1, 0.15) is 5.84 Å². The van der Waals surface area contributed by atoms with Crippen LogP contribution in [0.2, 0.25) is 0 Å². The highest BCUT2D eigenvalue weighted by Crippen LogP contribution is 2.24. The molecular weight excluding hydrogens is 318 g/mol. The third-order valence-corrected chi connectivity index (χ3v) is 5.73. The first-order valence-corrected chi connectivity index (χ1v) is 9.27. The van der Waals surface area contributed by atoms with Crippen LogP contribution in [0.3, 0.4) is 0 Å². The minimum Gasteiger partial charge on any atom is -0.301 e. The van der Waals surface area contributed by atoms with Crippen LogP contribution in [0.1, 0.15) is 17.2 Å². The summed E-state index contributed by atoms with van der Waals surface area (Å²) >= 11 is 1.65. The molecule has 1 aliphatic rings. The molecule has 2 aromatic rings.